The number of hydrogen-bond acceptors (Lipinski definition) is 5. The summed E-state index contributed by atoms with van der Waals surface area (Å²) < 4.78 is 1.20. The number of aromatic nitrogens is 2. The minimum absolute atomic E-state index is 0.185. The van der Waals surface area contributed by atoms with E-state index in [-0.39, 0.29) is 5.69 Å². The highest BCUT2D eigenvalue weighted by Crippen LogP contribution is 2.14. The Morgan fingerprint density at radius 1 is 1.25 bits per heavy atom. The molecule has 1 aromatic heterocycles. The molecule has 0 bridgehead atoms. The SMILES string of the molecule is Brc1cccs1.O=c1nc2ccnc-2c1=O. The van der Waals surface area contributed by atoms with Crippen LogP contribution in [0.15, 0.2) is 43.2 Å². The van der Waals surface area contributed by atoms with Crippen molar-refractivity contribution < 1.29 is 0 Å². The second kappa shape index (κ2) is 4.63. The van der Waals surface area contributed by atoms with E-state index in [0.717, 1.165) is 0 Å². The van der Waals surface area contributed by atoms with Crippen LogP contribution in [0.4, 0.5) is 0 Å². The van der Waals surface area contributed by atoms with Gasteiger partial charge in [0.15, 0.2) is 0 Å². The molecule has 0 saturated heterocycles. The molecule has 80 valence electrons. The Bertz CT molecular complexity index is 628. The number of fused-ring (bicyclic) bond motifs is 1. The summed E-state index contributed by atoms with van der Waals surface area (Å²) in [7, 11) is 0. The quantitative estimate of drug-likeness (QED) is 0.592. The molecule has 16 heavy (non-hydrogen) atoms. The Kier molecular flexibility index (Phi) is 3.21. The number of nitrogens with zero attached hydrogens (tertiary/aromatic N) is 2. The van der Waals surface area contributed by atoms with Gasteiger partial charge in [-0.3, -0.25) is 14.6 Å². The fourth-order valence-corrected chi connectivity index (χ4v) is 2.03. The molecule has 0 saturated carbocycles. The molecule has 0 amide bonds. The van der Waals surface area contributed by atoms with Gasteiger partial charge >= 0.3 is 5.56 Å². The largest absolute Gasteiger partial charge is 0.320 e. The van der Waals surface area contributed by atoms with Gasteiger partial charge in [-0.25, -0.2) is 4.98 Å². The lowest BCUT2D eigenvalue weighted by Gasteiger charge is -1.72. The van der Waals surface area contributed by atoms with Crippen molar-refractivity contribution in [3.05, 3.63) is 54.1 Å². The van der Waals surface area contributed by atoms with Crippen molar-refractivity contribution in [2.75, 3.05) is 0 Å². The second-order valence-electron chi connectivity index (χ2n) is 2.84. The molecule has 2 aliphatic heterocycles. The topological polar surface area (TPSA) is 59.9 Å². The van der Waals surface area contributed by atoms with Gasteiger partial charge in [-0.1, -0.05) is 6.07 Å². The first-order valence-corrected chi connectivity index (χ1v) is 5.97. The van der Waals surface area contributed by atoms with Gasteiger partial charge in [0.05, 0.1) is 9.48 Å². The first kappa shape index (κ1) is 11.1. The predicted octanol–water partition coefficient (Wildman–Crippen LogP) is 1.69. The highest BCUT2D eigenvalue weighted by Gasteiger charge is 2.14. The summed E-state index contributed by atoms with van der Waals surface area (Å²) in [6, 6.07) is 5.57. The third-order valence-electron chi connectivity index (χ3n) is 1.80. The average molecular weight is 297 g/mol. The summed E-state index contributed by atoms with van der Waals surface area (Å²) in [6.07, 6.45) is 1.46. The second-order valence-corrected chi connectivity index (χ2v) is 5.17. The van der Waals surface area contributed by atoms with Crippen molar-refractivity contribution in [2.45, 2.75) is 0 Å². The standard InChI is InChI=1S/C6H2N2O2.C4H3BrS/c9-5-4-3(1-2-7-4)8-6(5)10;5-4-2-1-3-6-4/h1-2H;1-3H. The number of rotatable bonds is 0. The molecular weight excluding hydrogens is 292 g/mol. The molecule has 0 unspecified atom stereocenters. The Hall–Kier alpha value is -1.40. The van der Waals surface area contributed by atoms with Crippen molar-refractivity contribution in [1.29, 1.82) is 0 Å². The molecule has 6 heteroatoms. The van der Waals surface area contributed by atoms with Gasteiger partial charge in [-0.2, -0.15) is 0 Å². The minimum atomic E-state index is -0.710. The van der Waals surface area contributed by atoms with Gasteiger partial charge in [-0.05, 0) is 33.4 Å². The van der Waals surface area contributed by atoms with Crippen LogP contribution in [0.25, 0.3) is 11.4 Å². The van der Waals surface area contributed by atoms with Crippen LogP contribution < -0.4 is 11.0 Å². The van der Waals surface area contributed by atoms with Crippen LogP contribution in [-0.2, 0) is 0 Å². The van der Waals surface area contributed by atoms with Gasteiger partial charge in [-0.15, -0.1) is 11.3 Å². The van der Waals surface area contributed by atoms with Gasteiger partial charge in [0.25, 0.3) is 5.43 Å². The molecule has 4 nitrogen and oxygen atoms in total. The Morgan fingerprint density at radius 3 is 2.56 bits per heavy atom. The number of halogens is 1. The Labute approximate surface area is 103 Å². The molecule has 0 atom stereocenters. The zero-order valence-corrected chi connectivity index (χ0v) is 10.3. The van der Waals surface area contributed by atoms with E-state index in [9.17, 15) is 9.59 Å². The zero-order valence-electron chi connectivity index (χ0n) is 7.88. The monoisotopic (exact) mass is 296 g/mol. The highest BCUT2D eigenvalue weighted by atomic mass is 79.9. The zero-order chi connectivity index (χ0) is 11.5. The van der Waals surface area contributed by atoms with E-state index in [4.69, 9.17) is 0 Å². The van der Waals surface area contributed by atoms with Crippen molar-refractivity contribution >= 4 is 27.3 Å². The smallest absolute Gasteiger partial charge is 0.281 e. The predicted molar refractivity (Wildman–Crippen MR) is 65.6 cm³/mol. The molecule has 1 aromatic rings. The van der Waals surface area contributed by atoms with Crippen molar-refractivity contribution in [3.63, 3.8) is 0 Å². The van der Waals surface area contributed by atoms with Crippen molar-refractivity contribution in [3.8, 4) is 11.4 Å². The van der Waals surface area contributed by atoms with Crippen LogP contribution in [0.2, 0.25) is 0 Å². The molecule has 3 heterocycles. The van der Waals surface area contributed by atoms with Gasteiger partial charge < -0.3 is 0 Å². The maximum absolute atomic E-state index is 10.8. The van der Waals surface area contributed by atoms with Crippen LogP contribution in [0.3, 0.4) is 0 Å². The number of thiophene rings is 1. The molecule has 0 aliphatic carbocycles. The van der Waals surface area contributed by atoms with E-state index in [1.54, 1.807) is 11.3 Å². The molecule has 3 rings (SSSR count). The third-order valence-corrected chi connectivity index (χ3v) is 3.28. The molecule has 0 N–H and O–H groups in total. The average Bonchev–Trinajstić information content (AvgIpc) is 2.92. The first-order valence-electron chi connectivity index (χ1n) is 4.29. The van der Waals surface area contributed by atoms with Crippen LogP contribution in [0.1, 0.15) is 0 Å². The molecular formula is C10H5BrN2O2S. The fourth-order valence-electron chi connectivity index (χ4n) is 1.11. The van der Waals surface area contributed by atoms with E-state index in [1.165, 1.54) is 16.0 Å². The minimum Gasteiger partial charge on any atom is -0.281 e. The van der Waals surface area contributed by atoms with Crippen molar-refractivity contribution in [2.24, 2.45) is 0 Å². The van der Waals surface area contributed by atoms with Gasteiger partial charge in [0.2, 0.25) is 0 Å². The lowest BCUT2D eigenvalue weighted by molar-refractivity contribution is 1.30. The molecule has 2 aliphatic rings. The number of hydrogen-bond donors (Lipinski definition) is 0. The maximum Gasteiger partial charge on any atom is 0.320 e. The van der Waals surface area contributed by atoms with Crippen molar-refractivity contribution in [1.82, 2.24) is 9.97 Å². The van der Waals surface area contributed by atoms with E-state index in [0.29, 0.717) is 5.69 Å². The van der Waals surface area contributed by atoms with Gasteiger partial charge in [0.1, 0.15) is 5.69 Å². The summed E-state index contributed by atoms with van der Waals surface area (Å²) in [5, 5.41) is 2.03. The van der Waals surface area contributed by atoms with Crippen LogP contribution >= 0.6 is 27.3 Å². The summed E-state index contributed by atoms with van der Waals surface area (Å²) >= 11 is 4.99. The van der Waals surface area contributed by atoms with E-state index in [2.05, 4.69) is 25.9 Å². The van der Waals surface area contributed by atoms with E-state index < -0.39 is 11.0 Å². The first-order chi connectivity index (χ1) is 7.68. The van der Waals surface area contributed by atoms with Gasteiger partial charge in [0, 0.05) is 6.20 Å². The summed E-state index contributed by atoms with van der Waals surface area (Å²) in [4.78, 5) is 28.4. The fraction of sp³-hybridized carbons (Fsp3) is 0. The summed E-state index contributed by atoms with van der Waals surface area (Å²) in [5.74, 6) is 0. The Morgan fingerprint density at radius 2 is 2.06 bits per heavy atom. The summed E-state index contributed by atoms with van der Waals surface area (Å²) in [5.41, 5.74) is -0.724. The molecule has 0 aromatic carbocycles. The van der Waals surface area contributed by atoms with E-state index in [1.807, 2.05) is 17.5 Å². The lowest BCUT2D eigenvalue weighted by Crippen LogP contribution is -2.19. The third kappa shape index (κ3) is 2.23. The Balaban J connectivity index is 0.000000138. The van der Waals surface area contributed by atoms with Crippen LogP contribution in [0, 0.1) is 0 Å². The highest BCUT2D eigenvalue weighted by molar-refractivity contribution is 9.11. The maximum atomic E-state index is 10.8. The van der Waals surface area contributed by atoms with Crippen LogP contribution in [0.5, 0.6) is 0 Å². The van der Waals surface area contributed by atoms with Crippen LogP contribution in [-0.4, -0.2) is 9.97 Å². The molecule has 0 fully saturated rings. The van der Waals surface area contributed by atoms with E-state index >= 15 is 0 Å². The summed E-state index contributed by atoms with van der Waals surface area (Å²) in [6.45, 7) is 0. The molecule has 0 radical (unpaired) electrons. The normalized spacial score (nSPS) is 10.1. The molecule has 0 spiro atoms. The lowest BCUT2D eigenvalue weighted by atomic mass is 10.4.